The maximum absolute atomic E-state index is 12.7. The molecule has 1 unspecified atom stereocenters. The highest BCUT2D eigenvalue weighted by molar-refractivity contribution is 8.00. The van der Waals surface area contributed by atoms with Crippen LogP contribution in [0.3, 0.4) is 0 Å². The SMILES string of the molecule is Cc1cccc(C)c1NC(=O)CNC(=O)C(C)Sc1ccc(S(=O)(=O)N2CCCCC2)cn1. The van der Waals surface area contributed by atoms with Crippen molar-refractivity contribution in [3.05, 3.63) is 47.7 Å². The second-order valence-corrected chi connectivity index (χ2v) is 11.4. The number of anilines is 1. The van der Waals surface area contributed by atoms with Crippen LogP contribution >= 0.6 is 11.8 Å². The Morgan fingerprint density at radius 3 is 2.36 bits per heavy atom. The number of para-hydroxylation sites is 1. The molecule has 1 aliphatic heterocycles. The molecular formula is C23H30N4O4S2. The number of nitrogens with zero attached hydrogens (tertiary/aromatic N) is 2. The quantitative estimate of drug-likeness (QED) is 0.551. The van der Waals surface area contributed by atoms with E-state index in [4.69, 9.17) is 0 Å². The third-order valence-electron chi connectivity index (χ3n) is 5.50. The van der Waals surface area contributed by atoms with Gasteiger partial charge in [-0.1, -0.05) is 36.4 Å². The van der Waals surface area contributed by atoms with E-state index < -0.39 is 15.3 Å². The van der Waals surface area contributed by atoms with Crippen molar-refractivity contribution in [3.63, 3.8) is 0 Å². The fourth-order valence-corrected chi connectivity index (χ4v) is 5.86. The Hall–Kier alpha value is -2.43. The van der Waals surface area contributed by atoms with Gasteiger partial charge in [-0.2, -0.15) is 4.31 Å². The summed E-state index contributed by atoms with van der Waals surface area (Å²) in [5.74, 6) is -0.605. The molecule has 1 atom stereocenters. The number of hydrogen-bond donors (Lipinski definition) is 2. The van der Waals surface area contributed by atoms with Crippen LogP contribution in [-0.2, 0) is 19.6 Å². The zero-order valence-corrected chi connectivity index (χ0v) is 20.8. The van der Waals surface area contributed by atoms with E-state index in [9.17, 15) is 18.0 Å². The van der Waals surface area contributed by atoms with Gasteiger partial charge >= 0.3 is 0 Å². The Morgan fingerprint density at radius 2 is 1.76 bits per heavy atom. The third-order valence-corrected chi connectivity index (χ3v) is 8.43. The molecule has 0 bridgehead atoms. The Morgan fingerprint density at radius 1 is 1.09 bits per heavy atom. The van der Waals surface area contributed by atoms with Gasteiger partial charge in [0.15, 0.2) is 0 Å². The molecule has 2 amide bonds. The largest absolute Gasteiger partial charge is 0.346 e. The van der Waals surface area contributed by atoms with Crippen molar-refractivity contribution in [1.82, 2.24) is 14.6 Å². The number of rotatable bonds is 8. The monoisotopic (exact) mass is 490 g/mol. The van der Waals surface area contributed by atoms with Crippen molar-refractivity contribution in [1.29, 1.82) is 0 Å². The summed E-state index contributed by atoms with van der Waals surface area (Å²) in [6, 6.07) is 8.89. The first-order valence-corrected chi connectivity index (χ1v) is 13.3. The second kappa shape index (κ2) is 11.1. The smallest absolute Gasteiger partial charge is 0.244 e. The molecule has 0 aliphatic carbocycles. The molecule has 1 saturated heterocycles. The number of amides is 2. The molecule has 1 aromatic carbocycles. The molecule has 33 heavy (non-hydrogen) atoms. The van der Waals surface area contributed by atoms with Gasteiger partial charge in [0.2, 0.25) is 21.8 Å². The standard InChI is InChI=1S/C23H30N4O4S2/c1-16-8-7-9-17(2)22(16)26-20(28)15-25-23(29)18(3)32-21-11-10-19(14-24-21)33(30,31)27-12-5-4-6-13-27/h7-11,14,18H,4-6,12-13,15H2,1-3H3,(H,25,29)(H,26,28). The van der Waals surface area contributed by atoms with Crippen LogP contribution in [0.4, 0.5) is 5.69 Å². The number of carbonyl (C=O) groups excluding carboxylic acids is 2. The van der Waals surface area contributed by atoms with E-state index in [2.05, 4.69) is 15.6 Å². The number of aryl methyl sites for hydroxylation is 2. The van der Waals surface area contributed by atoms with Crippen LogP contribution in [-0.4, -0.2) is 54.4 Å². The van der Waals surface area contributed by atoms with E-state index >= 15 is 0 Å². The van der Waals surface area contributed by atoms with Crippen LogP contribution in [0.5, 0.6) is 0 Å². The lowest BCUT2D eigenvalue weighted by Crippen LogP contribution is -2.37. The first kappa shape index (κ1) is 25.2. The topological polar surface area (TPSA) is 108 Å². The van der Waals surface area contributed by atoms with E-state index in [-0.39, 0.29) is 23.3 Å². The molecule has 0 radical (unpaired) electrons. The molecule has 2 N–H and O–H groups in total. The highest BCUT2D eigenvalue weighted by Crippen LogP contribution is 2.25. The Labute approximate surface area is 199 Å². The Bertz CT molecular complexity index is 1080. The second-order valence-electron chi connectivity index (χ2n) is 8.09. The van der Waals surface area contributed by atoms with E-state index in [1.54, 1.807) is 13.0 Å². The Kier molecular flexibility index (Phi) is 8.50. The van der Waals surface area contributed by atoms with Crippen LogP contribution in [0.1, 0.15) is 37.3 Å². The summed E-state index contributed by atoms with van der Waals surface area (Å²) in [6.07, 6.45) is 4.13. The highest BCUT2D eigenvalue weighted by Gasteiger charge is 2.26. The lowest BCUT2D eigenvalue weighted by Gasteiger charge is -2.25. The molecule has 0 saturated carbocycles. The molecular weight excluding hydrogens is 460 g/mol. The number of carbonyl (C=O) groups is 2. The number of aromatic nitrogens is 1. The summed E-state index contributed by atoms with van der Waals surface area (Å²) in [5.41, 5.74) is 2.66. The Balaban J connectivity index is 1.51. The molecule has 2 heterocycles. The maximum Gasteiger partial charge on any atom is 0.244 e. The van der Waals surface area contributed by atoms with Gasteiger partial charge < -0.3 is 10.6 Å². The van der Waals surface area contributed by atoms with Crippen molar-refractivity contribution in [3.8, 4) is 0 Å². The third kappa shape index (κ3) is 6.55. The molecule has 0 spiro atoms. The van der Waals surface area contributed by atoms with E-state index in [1.165, 1.54) is 28.3 Å². The summed E-state index contributed by atoms with van der Waals surface area (Å²) in [4.78, 5) is 29.1. The molecule has 2 aromatic rings. The molecule has 3 rings (SSSR count). The zero-order valence-electron chi connectivity index (χ0n) is 19.1. The van der Waals surface area contributed by atoms with Gasteiger partial charge in [-0.3, -0.25) is 9.59 Å². The van der Waals surface area contributed by atoms with E-state index in [0.29, 0.717) is 18.1 Å². The number of sulfonamides is 1. The van der Waals surface area contributed by atoms with Gasteiger partial charge in [0.25, 0.3) is 0 Å². The predicted molar refractivity (Wildman–Crippen MR) is 130 cm³/mol. The number of nitrogens with one attached hydrogen (secondary N) is 2. The molecule has 10 heteroatoms. The molecule has 1 aliphatic rings. The minimum absolute atomic E-state index is 0.141. The van der Waals surface area contributed by atoms with Crippen LogP contribution in [0.2, 0.25) is 0 Å². The van der Waals surface area contributed by atoms with Gasteiger partial charge in [0, 0.05) is 25.0 Å². The normalized spacial score (nSPS) is 15.6. The lowest BCUT2D eigenvalue weighted by molar-refractivity contribution is -0.123. The number of piperidine rings is 1. The number of pyridine rings is 1. The van der Waals surface area contributed by atoms with Gasteiger partial charge in [0.1, 0.15) is 4.90 Å². The van der Waals surface area contributed by atoms with E-state index in [1.807, 2.05) is 32.0 Å². The van der Waals surface area contributed by atoms with Gasteiger partial charge in [-0.15, -0.1) is 0 Å². The van der Waals surface area contributed by atoms with Crippen molar-refractivity contribution < 1.29 is 18.0 Å². The summed E-state index contributed by atoms with van der Waals surface area (Å²) in [6.45, 7) is 6.47. The van der Waals surface area contributed by atoms with Crippen LogP contribution in [0, 0.1) is 13.8 Å². The maximum atomic E-state index is 12.7. The molecule has 178 valence electrons. The summed E-state index contributed by atoms with van der Waals surface area (Å²) in [7, 11) is -3.54. The number of hydrogen-bond acceptors (Lipinski definition) is 6. The van der Waals surface area contributed by atoms with E-state index in [0.717, 1.165) is 36.1 Å². The zero-order chi connectivity index (χ0) is 24.0. The van der Waals surface area contributed by atoms with Crippen molar-refractivity contribution in [2.75, 3.05) is 25.0 Å². The molecule has 1 aromatic heterocycles. The van der Waals surface area contributed by atoms with Gasteiger partial charge in [-0.05, 0) is 56.9 Å². The van der Waals surface area contributed by atoms with Crippen molar-refractivity contribution in [2.24, 2.45) is 0 Å². The fraction of sp³-hybridized carbons (Fsp3) is 0.435. The summed E-state index contributed by atoms with van der Waals surface area (Å²) in [5, 5.41) is 5.51. The first-order valence-electron chi connectivity index (χ1n) is 10.9. The highest BCUT2D eigenvalue weighted by atomic mass is 32.2. The van der Waals surface area contributed by atoms with Crippen LogP contribution < -0.4 is 10.6 Å². The molecule has 8 nitrogen and oxygen atoms in total. The van der Waals surface area contributed by atoms with Gasteiger partial charge in [0.05, 0.1) is 16.8 Å². The fourth-order valence-electron chi connectivity index (χ4n) is 3.58. The lowest BCUT2D eigenvalue weighted by atomic mass is 10.1. The summed E-state index contributed by atoms with van der Waals surface area (Å²) >= 11 is 1.20. The van der Waals surface area contributed by atoms with Crippen molar-refractivity contribution in [2.45, 2.75) is 55.2 Å². The average Bonchev–Trinajstić information content (AvgIpc) is 2.81. The number of benzene rings is 1. The molecule has 1 fully saturated rings. The van der Waals surface area contributed by atoms with Crippen LogP contribution in [0.15, 0.2) is 46.5 Å². The first-order chi connectivity index (χ1) is 15.7. The number of thioether (sulfide) groups is 1. The van der Waals surface area contributed by atoms with Crippen LogP contribution in [0.25, 0.3) is 0 Å². The summed E-state index contributed by atoms with van der Waals surface area (Å²) < 4.78 is 27.0. The predicted octanol–water partition coefficient (Wildman–Crippen LogP) is 3.11. The minimum atomic E-state index is -3.54. The average molecular weight is 491 g/mol. The van der Waals surface area contributed by atoms with Gasteiger partial charge in [-0.25, -0.2) is 13.4 Å². The minimum Gasteiger partial charge on any atom is -0.346 e. The van der Waals surface area contributed by atoms with Crippen molar-refractivity contribution >= 4 is 39.3 Å².